The van der Waals surface area contributed by atoms with Crippen molar-refractivity contribution in [3.8, 4) is 11.5 Å². The molecule has 2 rings (SSSR count). The van der Waals surface area contributed by atoms with Crippen LogP contribution in [0.2, 0.25) is 0 Å². The highest BCUT2D eigenvalue weighted by molar-refractivity contribution is 5.89. The van der Waals surface area contributed by atoms with Crippen molar-refractivity contribution in [1.82, 2.24) is 0 Å². The molecule has 0 fully saturated rings. The molecule has 0 bridgehead atoms. The summed E-state index contributed by atoms with van der Waals surface area (Å²) in [7, 11) is 3.26. The molecule has 0 aliphatic carbocycles. The van der Waals surface area contributed by atoms with E-state index in [0.717, 1.165) is 22.1 Å². The van der Waals surface area contributed by atoms with E-state index in [1.54, 1.807) is 14.2 Å². The van der Waals surface area contributed by atoms with Crippen molar-refractivity contribution < 1.29 is 19.0 Å². The van der Waals surface area contributed by atoms with E-state index in [1.807, 2.05) is 18.2 Å². The molecular weight excluding hydrogens is 268 g/mol. The summed E-state index contributed by atoms with van der Waals surface area (Å²) in [6.07, 6.45) is 0.704. The van der Waals surface area contributed by atoms with Crippen LogP contribution in [0.5, 0.6) is 11.5 Å². The van der Waals surface area contributed by atoms with Crippen molar-refractivity contribution in [2.75, 3.05) is 20.8 Å². The predicted octanol–water partition coefficient (Wildman–Crippen LogP) is 3.27. The summed E-state index contributed by atoms with van der Waals surface area (Å²) in [4.78, 5) is 10.8. The molecule has 0 aliphatic rings. The van der Waals surface area contributed by atoms with Crippen LogP contribution in [0.15, 0.2) is 24.3 Å². The molecular formula is C17H20O4. The summed E-state index contributed by atoms with van der Waals surface area (Å²) >= 11 is 0. The highest BCUT2D eigenvalue weighted by atomic mass is 16.5. The number of rotatable bonds is 5. The van der Waals surface area contributed by atoms with Crippen molar-refractivity contribution in [3.05, 3.63) is 35.4 Å². The van der Waals surface area contributed by atoms with Gasteiger partial charge >= 0.3 is 5.97 Å². The third-order valence-electron chi connectivity index (χ3n) is 3.58. The Hall–Kier alpha value is -2.23. The summed E-state index contributed by atoms with van der Waals surface area (Å²) in [6, 6.07) is 8.07. The summed E-state index contributed by atoms with van der Waals surface area (Å²) in [5.41, 5.74) is 2.33. The lowest BCUT2D eigenvalue weighted by atomic mass is 9.98. The molecule has 0 spiro atoms. The number of hydrogen-bond acceptors (Lipinski definition) is 4. The number of ether oxygens (including phenoxy) is 3. The van der Waals surface area contributed by atoms with Gasteiger partial charge < -0.3 is 14.2 Å². The maximum absolute atomic E-state index is 10.8. The summed E-state index contributed by atoms with van der Waals surface area (Å²) < 4.78 is 15.7. The van der Waals surface area contributed by atoms with Crippen LogP contribution in [-0.2, 0) is 16.0 Å². The number of esters is 1. The lowest BCUT2D eigenvalue weighted by Crippen LogP contribution is -2.04. The van der Waals surface area contributed by atoms with Crippen LogP contribution in [-0.4, -0.2) is 26.8 Å². The van der Waals surface area contributed by atoms with Gasteiger partial charge in [-0.05, 0) is 41.0 Å². The normalized spacial score (nSPS) is 10.5. The largest absolute Gasteiger partial charge is 0.493 e. The molecule has 0 radical (unpaired) electrons. The van der Waals surface area contributed by atoms with Gasteiger partial charge in [0.15, 0.2) is 11.5 Å². The monoisotopic (exact) mass is 288 g/mol. The average molecular weight is 288 g/mol. The molecule has 0 heterocycles. The number of aryl methyl sites for hydroxylation is 1. The first-order chi connectivity index (χ1) is 10.1. The fourth-order valence-corrected chi connectivity index (χ4v) is 2.42. The molecule has 2 aromatic carbocycles. The molecule has 0 unspecified atom stereocenters. The second-order valence-electron chi connectivity index (χ2n) is 4.87. The number of methoxy groups -OCH3 is 2. The molecule has 0 amide bonds. The van der Waals surface area contributed by atoms with Gasteiger partial charge in [0.25, 0.3) is 0 Å². The minimum absolute atomic E-state index is 0.250. The third-order valence-corrected chi connectivity index (χ3v) is 3.58. The van der Waals surface area contributed by atoms with E-state index in [2.05, 4.69) is 13.0 Å². The zero-order valence-electron chi connectivity index (χ0n) is 12.9. The van der Waals surface area contributed by atoms with Gasteiger partial charge in [-0.1, -0.05) is 12.1 Å². The predicted molar refractivity (Wildman–Crippen MR) is 82.1 cm³/mol. The van der Waals surface area contributed by atoms with Crippen LogP contribution in [0.3, 0.4) is 0 Å². The van der Waals surface area contributed by atoms with E-state index < -0.39 is 0 Å². The molecule has 4 heteroatoms. The quantitative estimate of drug-likeness (QED) is 0.792. The maximum atomic E-state index is 10.8. The number of hydrogen-bond donors (Lipinski definition) is 0. The van der Waals surface area contributed by atoms with Crippen molar-refractivity contribution in [3.63, 3.8) is 0 Å². The second kappa shape index (κ2) is 6.48. The smallest absolute Gasteiger partial charge is 0.302 e. The van der Waals surface area contributed by atoms with Gasteiger partial charge in [0, 0.05) is 13.3 Å². The zero-order valence-corrected chi connectivity index (χ0v) is 12.9. The molecule has 4 nitrogen and oxygen atoms in total. The Morgan fingerprint density at radius 1 is 1.10 bits per heavy atom. The van der Waals surface area contributed by atoms with Crippen molar-refractivity contribution in [2.45, 2.75) is 20.3 Å². The molecule has 0 atom stereocenters. The van der Waals surface area contributed by atoms with Crippen LogP contribution in [0.25, 0.3) is 10.8 Å². The fraction of sp³-hybridized carbons (Fsp3) is 0.353. The Morgan fingerprint density at radius 2 is 1.76 bits per heavy atom. The average Bonchev–Trinajstić information content (AvgIpc) is 2.48. The Balaban J connectivity index is 2.38. The summed E-state index contributed by atoms with van der Waals surface area (Å²) in [5.74, 6) is 1.18. The topological polar surface area (TPSA) is 44.8 Å². The summed E-state index contributed by atoms with van der Waals surface area (Å²) in [5, 5.41) is 2.22. The SMILES string of the molecule is COc1cc2ccc(CCOC(C)=O)c(C)c2cc1OC. The van der Waals surface area contributed by atoms with Crippen LogP contribution < -0.4 is 9.47 Å². The number of carbonyl (C=O) groups is 1. The second-order valence-corrected chi connectivity index (χ2v) is 4.87. The van der Waals surface area contributed by atoms with Crippen LogP contribution in [0.1, 0.15) is 18.1 Å². The Bertz CT molecular complexity index is 661. The van der Waals surface area contributed by atoms with Crippen molar-refractivity contribution >= 4 is 16.7 Å². The van der Waals surface area contributed by atoms with Gasteiger partial charge in [0.05, 0.1) is 20.8 Å². The number of benzene rings is 2. The Morgan fingerprint density at radius 3 is 2.38 bits per heavy atom. The first-order valence-corrected chi connectivity index (χ1v) is 6.84. The highest BCUT2D eigenvalue weighted by Gasteiger charge is 2.10. The molecule has 0 aromatic heterocycles. The standard InChI is InChI=1S/C17H20O4/c1-11-13(7-8-21-12(2)18)5-6-14-9-16(19-3)17(20-4)10-15(11)14/h5-6,9-10H,7-8H2,1-4H3. The van der Waals surface area contributed by atoms with Crippen LogP contribution in [0, 0.1) is 6.92 Å². The van der Waals surface area contributed by atoms with E-state index in [-0.39, 0.29) is 5.97 Å². The molecule has 21 heavy (non-hydrogen) atoms. The van der Waals surface area contributed by atoms with Crippen LogP contribution >= 0.6 is 0 Å². The van der Waals surface area contributed by atoms with Crippen molar-refractivity contribution in [1.29, 1.82) is 0 Å². The third kappa shape index (κ3) is 3.27. The molecule has 0 aliphatic heterocycles. The van der Waals surface area contributed by atoms with Gasteiger partial charge in [-0.2, -0.15) is 0 Å². The van der Waals surface area contributed by atoms with E-state index in [0.29, 0.717) is 18.8 Å². The molecule has 0 saturated carbocycles. The van der Waals surface area contributed by atoms with Crippen LogP contribution in [0.4, 0.5) is 0 Å². The van der Waals surface area contributed by atoms with Gasteiger partial charge in [0.1, 0.15) is 0 Å². The first kappa shape index (κ1) is 15.2. The lowest BCUT2D eigenvalue weighted by molar-refractivity contribution is -0.140. The van der Waals surface area contributed by atoms with Crippen molar-refractivity contribution in [2.24, 2.45) is 0 Å². The minimum Gasteiger partial charge on any atom is -0.493 e. The van der Waals surface area contributed by atoms with E-state index in [1.165, 1.54) is 12.5 Å². The van der Waals surface area contributed by atoms with Gasteiger partial charge in [-0.3, -0.25) is 4.79 Å². The maximum Gasteiger partial charge on any atom is 0.302 e. The Kier molecular flexibility index (Phi) is 4.68. The van der Waals surface area contributed by atoms with Gasteiger partial charge in [0.2, 0.25) is 0 Å². The highest BCUT2D eigenvalue weighted by Crippen LogP contribution is 2.34. The van der Waals surface area contributed by atoms with E-state index in [9.17, 15) is 4.79 Å². The molecule has 0 N–H and O–H groups in total. The summed E-state index contributed by atoms with van der Waals surface area (Å²) in [6.45, 7) is 3.89. The van der Waals surface area contributed by atoms with E-state index >= 15 is 0 Å². The lowest BCUT2D eigenvalue weighted by Gasteiger charge is -2.13. The number of fused-ring (bicyclic) bond motifs is 1. The molecule has 2 aromatic rings. The van der Waals surface area contributed by atoms with Gasteiger partial charge in [-0.15, -0.1) is 0 Å². The molecule has 112 valence electrons. The molecule has 0 saturated heterocycles. The first-order valence-electron chi connectivity index (χ1n) is 6.84. The van der Waals surface area contributed by atoms with E-state index in [4.69, 9.17) is 14.2 Å². The zero-order chi connectivity index (χ0) is 15.4. The fourth-order valence-electron chi connectivity index (χ4n) is 2.42. The number of carbonyl (C=O) groups excluding carboxylic acids is 1. The Labute approximate surface area is 124 Å². The van der Waals surface area contributed by atoms with Gasteiger partial charge in [-0.25, -0.2) is 0 Å². The minimum atomic E-state index is -0.250.